The summed E-state index contributed by atoms with van der Waals surface area (Å²) in [6.45, 7) is 3.86. The molecule has 3 rings (SSSR count). The lowest BCUT2D eigenvalue weighted by Gasteiger charge is -2.23. The summed E-state index contributed by atoms with van der Waals surface area (Å²) in [5.41, 5.74) is 1.40. The van der Waals surface area contributed by atoms with Crippen LogP contribution in [0.5, 0.6) is 0 Å². The lowest BCUT2D eigenvalue weighted by atomic mass is 10.0. The third kappa shape index (κ3) is 3.68. The summed E-state index contributed by atoms with van der Waals surface area (Å²) in [5, 5.41) is 4.93. The Balaban J connectivity index is 1.69. The standard InChI is InChI=1S/C18H19N3OS/c1-18(2,17-19-8-9-20-17)21-16(22)14-11-15(23-12-14)10-13-6-4-3-5-7-13/h3-9,11-12H,10H2,1-2H3,(H,19,20)(H,21,22). The number of imidazole rings is 1. The summed E-state index contributed by atoms with van der Waals surface area (Å²) < 4.78 is 0. The molecule has 0 bridgehead atoms. The number of nitrogens with zero attached hydrogens (tertiary/aromatic N) is 1. The Morgan fingerprint density at radius 2 is 2.09 bits per heavy atom. The Labute approximate surface area is 139 Å². The Kier molecular flexibility index (Phi) is 4.30. The minimum atomic E-state index is -0.540. The molecule has 0 saturated carbocycles. The van der Waals surface area contributed by atoms with E-state index < -0.39 is 5.54 Å². The Morgan fingerprint density at radius 1 is 1.30 bits per heavy atom. The fraction of sp³-hybridized carbons (Fsp3) is 0.222. The molecule has 3 aromatic rings. The third-order valence-corrected chi connectivity index (χ3v) is 4.59. The van der Waals surface area contributed by atoms with Gasteiger partial charge in [0.1, 0.15) is 5.82 Å². The van der Waals surface area contributed by atoms with E-state index in [0.717, 1.165) is 12.2 Å². The van der Waals surface area contributed by atoms with Gasteiger partial charge < -0.3 is 10.3 Å². The summed E-state index contributed by atoms with van der Waals surface area (Å²) in [4.78, 5) is 20.9. The quantitative estimate of drug-likeness (QED) is 0.751. The summed E-state index contributed by atoms with van der Waals surface area (Å²) in [5.74, 6) is 0.660. The zero-order chi connectivity index (χ0) is 16.3. The molecule has 0 aliphatic rings. The molecule has 0 atom stereocenters. The van der Waals surface area contributed by atoms with E-state index in [1.165, 1.54) is 10.4 Å². The van der Waals surface area contributed by atoms with Crippen molar-refractivity contribution in [1.82, 2.24) is 15.3 Å². The number of hydrogen-bond acceptors (Lipinski definition) is 3. The summed E-state index contributed by atoms with van der Waals surface area (Å²) >= 11 is 1.61. The number of carbonyl (C=O) groups is 1. The van der Waals surface area contributed by atoms with Crippen molar-refractivity contribution < 1.29 is 4.79 Å². The van der Waals surface area contributed by atoms with E-state index in [4.69, 9.17) is 0 Å². The van der Waals surface area contributed by atoms with Crippen LogP contribution in [-0.4, -0.2) is 15.9 Å². The third-order valence-electron chi connectivity index (χ3n) is 3.65. The van der Waals surface area contributed by atoms with Crippen molar-refractivity contribution >= 4 is 17.2 Å². The molecule has 5 heteroatoms. The van der Waals surface area contributed by atoms with E-state index >= 15 is 0 Å². The SMILES string of the molecule is CC(C)(NC(=O)c1csc(Cc2ccccc2)c1)c1ncc[nH]1. The van der Waals surface area contributed by atoms with Gasteiger partial charge in [0.2, 0.25) is 0 Å². The van der Waals surface area contributed by atoms with Gasteiger partial charge in [0.05, 0.1) is 11.1 Å². The van der Waals surface area contributed by atoms with Crippen molar-refractivity contribution in [3.8, 4) is 0 Å². The normalized spacial score (nSPS) is 11.4. The molecule has 1 amide bonds. The van der Waals surface area contributed by atoms with Crippen molar-refractivity contribution in [1.29, 1.82) is 0 Å². The van der Waals surface area contributed by atoms with Crippen LogP contribution in [0.15, 0.2) is 54.2 Å². The van der Waals surface area contributed by atoms with Crippen LogP contribution in [0.3, 0.4) is 0 Å². The second-order valence-electron chi connectivity index (χ2n) is 5.98. The van der Waals surface area contributed by atoms with E-state index in [-0.39, 0.29) is 5.91 Å². The number of H-pyrrole nitrogens is 1. The highest BCUT2D eigenvalue weighted by Gasteiger charge is 2.26. The molecule has 1 aromatic carbocycles. The van der Waals surface area contributed by atoms with E-state index in [2.05, 4.69) is 27.4 Å². The number of amides is 1. The summed E-state index contributed by atoms with van der Waals surface area (Å²) in [6, 6.07) is 12.2. The molecule has 0 unspecified atom stereocenters. The predicted molar refractivity (Wildman–Crippen MR) is 92.6 cm³/mol. The van der Waals surface area contributed by atoms with Crippen LogP contribution in [0.25, 0.3) is 0 Å². The Bertz CT molecular complexity index is 776. The first-order valence-corrected chi connectivity index (χ1v) is 8.36. The van der Waals surface area contributed by atoms with Crippen molar-refractivity contribution in [2.24, 2.45) is 0 Å². The van der Waals surface area contributed by atoms with Crippen LogP contribution < -0.4 is 5.32 Å². The second-order valence-corrected chi connectivity index (χ2v) is 6.98. The highest BCUT2D eigenvalue weighted by atomic mass is 32.1. The van der Waals surface area contributed by atoms with Crippen LogP contribution in [0.4, 0.5) is 0 Å². The number of rotatable bonds is 5. The molecule has 23 heavy (non-hydrogen) atoms. The van der Waals surface area contributed by atoms with Crippen molar-refractivity contribution in [3.63, 3.8) is 0 Å². The van der Waals surface area contributed by atoms with Crippen LogP contribution in [0.2, 0.25) is 0 Å². The minimum Gasteiger partial charge on any atom is -0.347 e. The van der Waals surface area contributed by atoms with Crippen molar-refractivity contribution in [2.75, 3.05) is 0 Å². The molecule has 0 aliphatic heterocycles. The Morgan fingerprint density at radius 3 is 2.78 bits per heavy atom. The summed E-state index contributed by atoms with van der Waals surface area (Å²) in [7, 11) is 0. The topological polar surface area (TPSA) is 57.8 Å². The van der Waals surface area contributed by atoms with Gasteiger partial charge in [-0.15, -0.1) is 11.3 Å². The van der Waals surface area contributed by atoms with Gasteiger partial charge >= 0.3 is 0 Å². The van der Waals surface area contributed by atoms with Gasteiger partial charge in [-0.2, -0.15) is 0 Å². The monoisotopic (exact) mass is 325 g/mol. The number of nitrogens with one attached hydrogen (secondary N) is 2. The maximum atomic E-state index is 12.5. The van der Waals surface area contributed by atoms with Gasteiger partial charge in [-0.1, -0.05) is 30.3 Å². The number of hydrogen-bond donors (Lipinski definition) is 2. The number of thiophene rings is 1. The maximum Gasteiger partial charge on any atom is 0.252 e. The number of aromatic nitrogens is 2. The molecule has 0 fully saturated rings. The highest BCUT2D eigenvalue weighted by Crippen LogP contribution is 2.21. The van der Waals surface area contributed by atoms with Gasteiger partial charge in [-0.3, -0.25) is 4.79 Å². The largest absolute Gasteiger partial charge is 0.347 e. The van der Waals surface area contributed by atoms with Gasteiger partial charge in [0.15, 0.2) is 0 Å². The first kappa shape index (κ1) is 15.5. The number of carbonyl (C=O) groups excluding carboxylic acids is 1. The molecule has 2 aromatic heterocycles. The van der Waals surface area contributed by atoms with Gasteiger partial charge in [0.25, 0.3) is 5.91 Å². The molecule has 2 heterocycles. The first-order chi connectivity index (χ1) is 11.0. The van der Waals surface area contributed by atoms with E-state index in [0.29, 0.717) is 5.56 Å². The number of aromatic amines is 1. The fourth-order valence-corrected chi connectivity index (χ4v) is 3.31. The van der Waals surface area contributed by atoms with Gasteiger partial charge in [0, 0.05) is 29.1 Å². The van der Waals surface area contributed by atoms with Gasteiger partial charge in [-0.25, -0.2) is 4.98 Å². The van der Waals surface area contributed by atoms with E-state index in [1.807, 2.05) is 43.5 Å². The van der Waals surface area contributed by atoms with Crippen LogP contribution >= 0.6 is 11.3 Å². The molecule has 0 spiro atoms. The lowest BCUT2D eigenvalue weighted by Crippen LogP contribution is -2.41. The molecule has 0 saturated heterocycles. The molecule has 4 nitrogen and oxygen atoms in total. The maximum absolute atomic E-state index is 12.5. The summed E-state index contributed by atoms with van der Waals surface area (Å²) in [6.07, 6.45) is 4.29. The zero-order valence-electron chi connectivity index (χ0n) is 13.2. The van der Waals surface area contributed by atoms with Crippen molar-refractivity contribution in [2.45, 2.75) is 25.8 Å². The van der Waals surface area contributed by atoms with E-state index in [1.54, 1.807) is 23.7 Å². The first-order valence-electron chi connectivity index (χ1n) is 7.48. The molecule has 0 radical (unpaired) electrons. The van der Waals surface area contributed by atoms with Crippen LogP contribution in [0, 0.1) is 0 Å². The van der Waals surface area contributed by atoms with Gasteiger partial charge in [-0.05, 0) is 25.5 Å². The van der Waals surface area contributed by atoms with E-state index in [9.17, 15) is 4.79 Å². The number of benzene rings is 1. The lowest BCUT2D eigenvalue weighted by molar-refractivity contribution is 0.0909. The minimum absolute atomic E-state index is 0.0815. The predicted octanol–water partition coefficient (Wildman–Crippen LogP) is 3.73. The second kappa shape index (κ2) is 6.38. The molecular formula is C18H19N3OS. The molecular weight excluding hydrogens is 306 g/mol. The average Bonchev–Trinajstić information content (AvgIpc) is 3.19. The van der Waals surface area contributed by atoms with Crippen LogP contribution in [0.1, 0.15) is 40.5 Å². The highest BCUT2D eigenvalue weighted by molar-refractivity contribution is 7.10. The zero-order valence-corrected chi connectivity index (χ0v) is 14.0. The van der Waals surface area contributed by atoms with Crippen LogP contribution in [-0.2, 0) is 12.0 Å². The Hall–Kier alpha value is -2.40. The average molecular weight is 325 g/mol. The fourth-order valence-electron chi connectivity index (χ4n) is 2.41. The molecule has 118 valence electrons. The molecule has 2 N–H and O–H groups in total. The van der Waals surface area contributed by atoms with Crippen molar-refractivity contribution in [3.05, 3.63) is 76.0 Å². The smallest absolute Gasteiger partial charge is 0.252 e. The molecule has 0 aliphatic carbocycles.